The predicted molar refractivity (Wildman–Crippen MR) is 544 cm³/mol. The summed E-state index contributed by atoms with van der Waals surface area (Å²) in [6.07, 6.45) is 4.90. The summed E-state index contributed by atoms with van der Waals surface area (Å²) in [5, 5.41) is 7.43. The smallest absolute Gasteiger partial charge is 0.416 e. The summed E-state index contributed by atoms with van der Waals surface area (Å²) in [5.74, 6) is 5.49. The molecule has 0 bridgehead atoms. The minimum absolute atomic E-state index is 0.135. The molecule has 0 radical (unpaired) electrons. The summed E-state index contributed by atoms with van der Waals surface area (Å²) in [6.45, 7) is 8.42. The van der Waals surface area contributed by atoms with Gasteiger partial charge in [-0.1, -0.05) is 156 Å². The third-order valence-electron chi connectivity index (χ3n) is 24.4. The highest BCUT2D eigenvalue weighted by Gasteiger charge is 2.41. The lowest BCUT2D eigenvalue weighted by molar-refractivity contribution is 0.0578. The molecule has 19 rings (SSSR count). The van der Waals surface area contributed by atoms with Crippen LogP contribution in [0.2, 0.25) is 25.1 Å². The van der Waals surface area contributed by atoms with Gasteiger partial charge in [-0.15, -0.1) is 46.4 Å². The Hall–Kier alpha value is -11.6. The molecule has 0 spiro atoms. The Labute approximate surface area is 838 Å². The molecule has 4 aliphatic heterocycles. The zero-order chi connectivity index (χ0) is 95.6. The molecule has 0 aliphatic carbocycles. The lowest BCUT2D eigenvalue weighted by atomic mass is 9.92. The van der Waals surface area contributed by atoms with Crippen LogP contribution in [0.1, 0.15) is 143 Å². The number of carbonyl (C=O) groups excluding carboxylic acids is 4. The van der Waals surface area contributed by atoms with Crippen molar-refractivity contribution in [3.05, 3.63) is 352 Å². The fourth-order valence-corrected chi connectivity index (χ4v) is 18.9. The van der Waals surface area contributed by atoms with Crippen LogP contribution in [0.5, 0.6) is 34.5 Å². The number of aromatic amines is 4. The summed E-state index contributed by atoms with van der Waals surface area (Å²) in [7, 11) is 0. The number of benzene rings is 11. The van der Waals surface area contributed by atoms with Crippen molar-refractivity contribution in [2.75, 3.05) is 76.1 Å². The minimum Gasteiger partial charge on any atom is -0.494 e. The van der Waals surface area contributed by atoms with Crippen molar-refractivity contribution < 1.29 is 61.5 Å². The van der Waals surface area contributed by atoms with Gasteiger partial charge in [0, 0.05) is 136 Å². The van der Waals surface area contributed by atoms with Crippen LogP contribution >= 0.6 is 104 Å². The highest BCUT2D eigenvalue weighted by Crippen LogP contribution is 2.46. The van der Waals surface area contributed by atoms with Gasteiger partial charge in [-0.2, -0.15) is 0 Å². The van der Waals surface area contributed by atoms with Gasteiger partial charge in [-0.25, -0.2) is 23.6 Å². The number of H-pyrrole nitrogens is 4. The molecule has 0 saturated heterocycles. The molecular weight excluding hydrogens is 1930 g/mol. The Bertz CT molecular complexity index is 6670. The number of carbonyl (C=O) groups is 4. The summed E-state index contributed by atoms with van der Waals surface area (Å²) >= 11 is 54.4. The number of fused-ring (bicyclic) bond motifs is 12. The summed E-state index contributed by atoms with van der Waals surface area (Å²) < 4.78 is 59.1. The van der Waals surface area contributed by atoms with Crippen molar-refractivity contribution in [1.29, 1.82) is 0 Å². The van der Waals surface area contributed by atoms with Crippen molar-refractivity contribution in [3.8, 4) is 34.5 Å². The van der Waals surface area contributed by atoms with Crippen LogP contribution in [0, 0.1) is 5.82 Å². The van der Waals surface area contributed by atoms with Crippen LogP contribution < -0.4 is 28.4 Å². The van der Waals surface area contributed by atoms with Crippen molar-refractivity contribution in [2.24, 2.45) is 0 Å². The number of hydrogen-bond acceptors (Lipinski definition) is 12. The second kappa shape index (κ2) is 46.7. The molecule has 0 fully saturated rings. The Balaban J connectivity index is 0.000000132. The lowest BCUT2D eigenvalue weighted by Crippen LogP contribution is -2.42. The third-order valence-corrected chi connectivity index (χ3v) is 26.7. The van der Waals surface area contributed by atoms with Crippen LogP contribution in [0.15, 0.2) is 249 Å². The number of nitrogens with zero attached hydrogens (tertiary/aromatic N) is 4. The van der Waals surface area contributed by atoms with E-state index in [2.05, 4.69) is 19.9 Å². The van der Waals surface area contributed by atoms with Crippen LogP contribution in [0.3, 0.4) is 0 Å². The number of aromatic nitrogens is 4. The van der Waals surface area contributed by atoms with Crippen molar-refractivity contribution >= 4 is 172 Å². The first-order chi connectivity index (χ1) is 66.7. The summed E-state index contributed by atoms with van der Waals surface area (Å²) in [4.78, 5) is 74.3. The Kier molecular flexibility index (Phi) is 33.6. The van der Waals surface area contributed by atoms with E-state index in [4.69, 9.17) is 142 Å². The van der Waals surface area contributed by atoms with Gasteiger partial charge in [0.05, 0.1) is 31.5 Å². The largest absolute Gasteiger partial charge is 0.494 e. The van der Waals surface area contributed by atoms with Crippen LogP contribution in [0.4, 0.5) is 23.6 Å². The summed E-state index contributed by atoms with van der Waals surface area (Å²) in [6, 6.07) is 75.2. The molecule has 710 valence electrons. The first kappa shape index (κ1) is 98.4. The average molecular weight is 2030 g/mol. The van der Waals surface area contributed by atoms with E-state index in [-0.39, 0.29) is 48.8 Å². The minimum atomic E-state index is -0.508. The maximum absolute atomic E-state index is 13.4. The van der Waals surface area contributed by atoms with Gasteiger partial charge in [0.25, 0.3) is 0 Å². The van der Waals surface area contributed by atoms with E-state index in [0.29, 0.717) is 126 Å². The topological polar surface area (TPSA) is 218 Å². The van der Waals surface area contributed by atoms with Crippen molar-refractivity contribution in [2.45, 2.75) is 109 Å². The van der Waals surface area contributed by atoms with Gasteiger partial charge >= 0.3 is 24.4 Å². The molecule has 4 aliphatic rings. The monoisotopic (exact) mass is 2020 g/mol. The molecular formula is C107H100Cl9FN8O12. The lowest BCUT2D eigenvalue weighted by Gasteiger charge is -2.36. The van der Waals surface area contributed by atoms with Gasteiger partial charge in [0.15, 0.2) is 5.75 Å². The molecule has 20 nitrogen and oxygen atoms in total. The highest BCUT2D eigenvalue weighted by molar-refractivity contribution is 6.33. The second-order valence-electron chi connectivity index (χ2n) is 33.3. The van der Waals surface area contributed by atoms with Gasteiger partial charge in [-0.3, -0.25) is 19.6 Å². The fourth-order valence-electron chi connectivity index (χ4n) is 17.6. The third kappa shape index (κ3) is 23.7. The summed E-state index contributed by atoms with van der Waals surface area (Å²) in [5.41, 5.74) is 17.2. The zero-order valence-electron chi connectivity index (χ0n) is 75.1. The molecule has 137 heavy (non-hydrogen) atoms. The molecule has 30 heteroatoms. The van der Waals surface area contributed by atoms with E-state index in [1.54, 1.807) is 39.0 Å². The van der Waals surface area contributed by atoms with Crippen molar-refractivity contribution in [1.82, 2.24) is 39.5 Å². The second-order valence-corrected chi connectivity index (χ2v) is 37.0. The number of hydrogen-bond donors (Lipinski definition) is 4. The van der Waals surface area contributed by atoms with E-state index in [1.807, 2.05) is 219 Å². The molecule has 11 aromatic carbocycles. The van der Waals surface area contributed by atoms with Gasteiger partial charge in [0.1, 0.15) is 71.4 Å². The Morgan fingerprint density at radius 2 is 0.672 bits per heavy atom. The van der Waals surface area contributed by atoms with Crippen LogP contribution in [-0.4, -0.2) is 146 Å². The zero-order valence-corrected chi connectivity index (χ0v) is 81.9. The SMILES string of the molecule is CCC(C)OC(=O)N1CCc2c([nH]c3ccc(Cl)cc23)C1c1ccc(OCCCCl)cc1.O=C(OCc1ccccc1)N1CCc2c([nH]c3ccc(Cl)cc23)C1c1ccc(OCCCCl)cc1.O=C(Oc1ccc(F)cc1)N1CCc2c([nH]c3ccc(Cl)cc23)C1c1ccc(OCCCCl)cc1.O=C(Oc1ccccc1Cl)N1CCc2c([nH]c3ccc(Cl)cc23)C1c1ccc(OCCCCl)cc1. The normalized spacial score (nSPS) is 15.5. The number of alkyl halides is 4. The van der Waals surface area contributed by atoms with E-state index in [0.717, 1.165) is 167 Å². The molecule has 4 aromatic heterocycles. The van der Waals surface area contributed by atoms with Crippen LogP contribution in [-0.2, 0) is 41.8 Å². The van der Waals surface area contributed by atoms with E-state index in [1.165, 1.54) is 35.4 Å². The van der Waals surface area contributed by atoms with E-state index < -0.39 is 24.0 Å². The number of para-hydroxylation sites is 1. The number of rotatable bonds is 26. The standard InChI is InChI=1S/C28H26Cl2N2O3.C27H23Cl3N2O3.C27H23Cl2FN2O3.C25H28Cl2N2O3/c29-14-4-16-34-22-10-7-20(8-11-22)27-26-23(24-17-21(30)9-12-25(24)31-26)13-15-32(27)28(33)35-18-19-5-2-1-3-6-19;28-13-3-15-34-19-9-6-17(7-10-19)26-25-20(21-16-18(29)8-11-23(21)31-25)12-14-32(26)27(33)35-24-5-2-1-4-22(24)30;28-13-1-15-34-20-7-2-17(3-8-20)26-25-22(23-16-18(29)4-11-24(23)31-25)12-14-32(26)27(33)35-21-9-5-19(30)6-10-21;1-3-16(2)32-25(30)29-13-11-20-21-15-18(27)7-10-22(21)28-23(20)24(29)17-5-8-19(9-6-17)31-14-4-12-26/h1-3,5-12,17,27,31H,4,13-16,18H2;1-2,4-11,16,26,31H,3,12-15H2;2-11,16,26,31H,1,12-15H2;5-10,15-16,24,28H,3-4,11-14H2,1-2H3. The fraction of sp³-hybridized carbons (Fsp3) is 0.271. The number of ether oxygens (including phenoxy) is 8. The Morgan fingerprint density at radius 3 is 1.00 bits per heavy atom. The maximum atomic E-state index is 13.4. The average Bonchev–Trinajstić information content (AvgIpc) is 1.63. The molecule has 4 N–H and O–H groups in total. The molecule has 5 atom stereocenters. The molecule has 8 heterocycles. The number of halogens is 10. The van der Waals surface area contributed by atoms with E-state index >= 15 is 0 Å². The van der Waals surface area contributed by atoms with Gasteiger partial charge in [-0.05, 0) is 273 Å². The number of amides is 4. The first-order valence-electron chi connectivity index (χ1n) is 45.5. The van der Waals surface area contributed by atoms with Gasteiger partial charge in [0.2, 0.25) is 0 Å². The maximum Gasteiger partial charge on any atom is 0.416 e. The van der Waals surface area contributed by atoms with Gasteiger partial charge < -0.3 is 57.8 Å². The molecule has 15 aromatic rings. The highest BCUT2D eigenvalue weighted by atomic mass is 35.5. The Morgan fingerprint density at radius 1 is 0.365 bits per heavy atom. The predicted octanol–water partition coefficient (Wildman–Crippen LogP) is 28.6. The number of nitrogens with one attached hydrogen (secondary N) is 4. The van der Waals surface area contributed by atoms with Crippen LogP contribution in [0.25, 0.3) is 43.6 Å². The van der Waals surface area contributed by atoms with Crippen molar-refractivity contribution in [3.63, 3.8) is 0 Å². The quantitative estimate of drug-likeness (QED) is 0.0294. The van der Waals surface area contributed by atoms with E-state index in [9.17, 15) is 23.6 Å². The molecule has 0 saturated carbocycles. The molecule has 4 amide bonds. The molecule has 5 unspecified atom stereocenters. The first-order valence-corrected chi connectivity index (χ1v) is 49.5.